The predicted octanol–water partition coefficient (Wildman–Crippen LogP) is 3.77. The summed E-state index contributed by atoms with van der Waals surface area (Å²) in [5.74, 6) is -2.28. The molecule has 0 bridgehead atoms. The maximum Gasteiger partial charge on any atom is 0.573 e. The van der Waals surface area contributed by atoms with Gasteiger partial charge in [0, 0.05) is 7.05 Å². The SMILES string of the molecule is CNc1nc(C(F)(F)F)nc2c1ncn2-c1ccccc1OC(F)(F)F. The van der Waals surface area contributed by atoms with Crippen molar-refractivity contribution in [1.82, 2.24) is 19.5 Å². The number of para-hydroxylation sites is 2. The zero-order chi connectivity index (χ0) is 19.1. The van der Waals surface area contributed by atoms with Gasteiger partial charge in [-0.25, -0.2) is 15.0 Å². The highest BCUT2D eigenvalue weighted by molar-refractivity contribution is 5.84. The second-order valence-electron chi connectivity index (χ2n) is 4.95. The molecule has 0 unspecified atom stereocenters. The molecule has 1 N–H and O–H groups in total. The van der Waals surface area contributed by atoms with Crippen LogP contribution in [0.2, 0.25) is 0 Å². The number of halogens is 6. The summed E-state index contributed by atoms with van der Waals surface area (Å²) in [4.78, 5) is 10.7. The van der Waals surface area contributed by atoms with Gasteiger partial charge in [-0.1, -0.05) is 12.1 Å². The van der Waals surface area contributed by atoms with Gasteiger partial charge in [0.2, 0.25) is 5.82 Å². The zero-order valence-electron chi connectivity index (χ0n) is 12.9. The summed E-state index contributed by atoms with van der Waals surface area (Å²) in [7, 11) is 1.33. The van der Waals surface area contributed by atoms with Gasteiger partial charge in [-0.05, 0) is 12.1 Å². The van der Waals surface area contributed by atoms with Crippen molar-refractivity contribution >= 4 is 17.0 Å². The fourth-order valence-corrected chi connectivity index (χ4v) is 2.24. The third kappa shape index (κ3) is 3.34. The minimum atomic E-state index is -4.98. The highest BCUT2D eigenvalue weighted by Gasteiger charge is 2.37. The quantitative estimate of drug-likeness (QED) is 0.704. The third-order valence-electron chi connectivity index (χ3n) is 3.24. The molecular formula is C14H9F6N5O. The van der Waals surface area contributed by atoms with Crippen LogP contribution in [0.1, 0.15) is 5.82 Å². The molecule has 0 aliphatic heterocycles. The molecule has 0 amide bonds. The van der Waals surface area contributed by atoms with E-state index in [4.69, 9.17) is 0 Å². The molecule has 2 aromatic heterocycles. The number of nitrogens with one attached hydrogen (secondary N) is 1. The van der Waals surface area contributed by atoms with Gasteiger partial charge in [0.1, 0.15) is 6.33 Å². The van der Waals surface area contributed by atoms with Gasteiger partial charge in [0.05, 0.1) is 5.69 Å². The molecule has 0 saturated heterocycles. The van der Waals surface area contributed by atoms with Crippen molar-refractivity contribution in [3.8, 4) is 11.4 Å². The molecule has 0 atom stereocenters. The summed E-state index contributed by atoms with van der Waals surface area (Å²) in [5.41, 5.74) is -0.543. The Hall–Kier alpha value is -3.05. The van der Waals surface area contributed by atoms with Gasteiger partial charge >= 0.3 is 12.5 Å². The molecule has 12 heteroatoms. The van der Waals surface area contributed by atoms with E-state index in [2.05, 4.69) is 25.0 Å². The Labute approximate surface area is 141 Å². The van der Waals surface area contributed by atoms with Crippen molar-refractivity contribution in [2.45, 2.75) is 12.5 Å². The van der Waals surface area contributed by atoms with Gasteiger partial charge < -0.3 is 10.1 Å². The van der Waals surface area contributed by atoms with Crippen LogP contribution in [0.3, 0.4) is 0 Å². The molecule has 3 rings (SSSR count). The van der Waals surface area contributed by atoms with E-state index in [0.29, 0.717) is 0 Å². The van der Waals surface area contributed by atoms with Crippen LogP contribution < -0.4 is 10.1 Å². The molecule has 2 heterocycles. The molecule has 0 radical (unpaired) electrons. The van der Waals surface area contributed by atoms with Crippen LogP contribution in [0.5, 0.6) is 5.75 Å². The van der Waals surface area contributed by atoms with Crippen molar-refractivity contribution in [2.24, 2.45) is 0 Å². The minimum Gasteiger partial charge on any atom is -0.404 e. The predicted molar refractivity (Wildman–Crippen MR) is 77.9 cm³/mol. The summed E-state index contributed by atoms with van der Waals surface area (Å²) in [6.07, 6.45) is -8.79. The van der Waals surface area contributed by atoms with Crippen LogP contribution >= 0.6 is 0 Å². The van der Waals surface area contributed by atoms with Crippen LogP contribution in [0, 0.1) is 0 Å². The summed E-state index contributed by atoms with van der Waals surface area (Å²) in [6.45, 7) is 0. The number of rotatable bonds is 3. The number of aromatic nitrogens is 4. The molecule has 6 nitrogen and oxygen atoms in total. The number of benzene rings is 1. The fraction of sp³-hybridized carbons (Fsp3) is 0.214. The van der Waals surface area contributed by atoms with Crippen molar-refractivity contribution in [1.29, 1.82) is 0 Å². The Morgan fingerprint density at radius 2 is 1.73 bits per heavy atom. The molecular weight excluding hydrogens is 368 g/mol. The highest BCUT2D eigenvalue weighted by Crippen LogP contribution is 2.33. The number of fused-ring (bicyclic) bond motifs is 1. The Morgan fingerprint density at radius 1 is 1.04 bits per heavy atom. The first-order chi connectivity index (χ1) is 12.1. The first kappa shape index (κ1) is 17.8. The Kier molecular flexibility index (Phi) is 4.12. The summed E-state index contributed by atoms with van der Waals surface area (Å²) >= 11 is 0. The van der Waals surface area contributed by atoms with Crippen LogP contribution in [0.15, 0.2) is 30.6 Å². The lowest BCUT2D eigenvalue weighted by Crippen LogP contribution is -2.18. The lowest BCUT2D eigenvalue weighted by Gasteiger charge is -2.14. The number of anilines is 1. The first-order valence-corrected chi connectivity index (χ1v) is 6.95. The highest BCUT2D eigenvalue weighted by atomic mass is 19.4. The average molecular weight is 377 g/mol. The lowest BCUT2D eigenvalue weighted by atomic mass is 10.3. The molecule has 0 fully saturated rings. The topological polar surface area (TPSA) is 64.9 Å². The maximum absolute atomic E-state index is 13.0. The van der Waals surface area contributed by atoms with E-state index in [-0.39, 0.29) is 22.7 Å². The van der Waals surface area contributed by atoms with Crippen LogP contribution in [0.4, 0.5) is 32.2 Å². The van der Waals surface area contributed by atoms with Crippen LogP contribution in [-0.4, -0.2) is 32.9 Å². The molecule has 0 aliphatic carbocycles. The number of imidazole rings is 1. The van der Waals surface area contributed by atoms with Crippen molar-refractivity contribution in [3.63, 3.8) is 0 Å². The standard InChI is InChI=1S/C14H9F6N5O/c1-21-10-9-11(24-12(23-10)13(15,16)17)25(6-22-9)7-4-2-3-5-8(7)26-14(18,19)20/h2-6H,1H3,(H,21,23,24). The molecule has 3 aromatic rings. The van der Waals surface area contributed by atoms with Crippen LogP contribution in [-0.2, 0) is 6.18 Å². The normalized spacial score (nSPS) is 12.4. The molecule has 0 spiro atoms. The largest absolute Gasteiger partial charge is 0.573 e. The van der Waals surface area contributed by atoms with Gasteiger partial charge in [-0.15, -0.1) is 13.2 Å². The Balaban J connectivity index is 2.24. The summed E-state index contributed by atoms with van der Waals surface area (Å²) < 4.78 is 81.7. The molecule has 1 aromatic carbocycles. The molecule has 0 aliphatic rings. The minimum absolute atomic E-state index is 0.0395. The van der Waals surface area contributed by atoms with E-state index in [0.717, 1.165) is 17.0 Å². The zero-order valence-corrected chi connectivity index (χ0v) is 12.9. The monoisotopic (exact) mass is 377 g/mol. The number of nitrogens with zero attached hydrogens (tertiary/aromatic N) is 4. The van der Waals surface area contributed by atoms with E-state index in [1.807, 2.05) is 0 Å². The van der Waals surface area contributed by atoms with Crippen LogP contribution in [0.25, 0.3) is 16.9 Å². The van der Waals surface area contributed by atoms with E-state index in [1.165, 1.54) is 25.2 Å². The van der Waals surface area contributed by atoms with E-state index >= 15 is 0 Å². The van der Waals surface area contributed by atoms with Crippen molar-refractivity contribution in [2.75, 3.05) is 12.4 Å². The van der Waals surface area contributed by atoms with E-state index in [9.17, 15) is 26.3 Å². The van der Waals surface area contributed by atoms with Gasteiger partial charge in [0.25, 0.3) is 0 Å². The first-order valence-electron chi connectivity index (χ1n) is 6.95. The molecule has 0 saturated carbocycles. The van der Waals surface area contributed by atoms with Gasteiger partial charge in [-0.2, -0.15) is 13.2 Å². The number of hydrogen-bond donors (Lipinski definition) is 1. The van der Waals surface area contributed by atoms with E-state index in [1.54, 1.807) is 0 Å². The smallest absolute Gasteiger partial charge is 0.404 e. The maximum atomic E-state index is 13.0. The summed E-state index contributed by atoms with van der Waals surface area (Å²) in [5, 5.41) is 2.46. The second kappa shape index (κ2) is 6.04. The number of ether oxygens (including phenoxy) is 1. The Bertz CT molecular complexity index is 949. The average Bonchev–Trinajstić information content (AvgIpc) is 2.96. The molecule has 138 valence electrons. The Morgan fingerprint density at radius 3 is 2.35 bits per heavy atom. The van der Waals surface area contributed by atoms with Gasteiger partial charge in [0.15, 0.2) is 22.7 Å². The number of hydrogen-bond acceptors (Lipinski definition) is 5. The second-order valence-corrected chi connectivity index (χ2v) is 4.95. The number of alkyl halides is 6. The van der Waals surface area contributed by atoms with Crippen molar-refractivity contribution < 1.29 is 31.1 Å². The third-order valence-corrected chi connectivity index (χ3v) is 3.24. The van der Waals surface area contributed by atoms with E-state index < -0.39 is 24.1 Å². The molecule has 26 heavy (non-hydrogen) atoms. The van der Waals surface area contributed by atoms with Gasteiger partial charge in [-0.3, -0.25) is 4.57 Å². The summed E-state index contributed by atoms with van der Waals surface area (Å²) in [6, 6.07) is 4.95. The fourth-order valence-electron chi connectivity index (χ4n) is 2.24. The van der Waals surface area contributed by atoms with Crippen molar-refractivity contribution in [3.05, 3.63) is 36.4 Å². The lowest BCUT2D eigenvalue weighted by molar-refractivity contribution is -0.274.